The average molecular weight is 277 g/mol. The van der Waals surface area contributed by atoms with Crippen molar-refractivity contribution >= 4 is 11.6 Å². The molecule has 2 heterocycles. The fourth-order valence-electron chi connectivity index (χ4n) is 2.08. The smallest absolute Gasteiger partial charge is 0.235 e. The molecule has 1 fully saturated rings. The lowest BCUT2D eigenvalue weighted by atomic mass is 9.74. The highest BCUT2D eigenvalue weighted by atomic mass is 16.5. The maximum atomic E-state index is 12.4. The molecule has 1 aromatic rings. The van der Waals surface area contributed by atoms with Crippen LogP contribution >= 0.6 is 0 Å². The van der Waals surface area contributed by atoms with Crippen molar-refractivity contribution in [1.82, 2.24) is 9.97 Å². The second-order valence-electron chi connectivity index (χ2n) is 6.80. The van der Waals surface area contributed by atoms with Gasteiger partial charge in [-0.3, -0.25) is 4.79 Å². The fraction of sp³-hybridized carbons (Fsp3) is 0.667. The summed E-state index contributed by atoms with van der Waals surface area (Å²) in [5.41, 5.74) is 0.126. The molecule has 5 nitrogen and oxygen atoms in total. The molecular weight excluding hydrogens is 254 g/mol. The molecular formula is C15H23N3O2. The molecule has 1 aliphatic rings. The van der Waals surface area contributed by atoms with Crippen molar-refractivity contribution in [3.8, 4) is 0 Å². The number of ether oxygens (including phenoxy) is 1. The number of nitrogens with zero attached hydrogens (tertiary/aromatic N) is 2. The number of carbonyl (C=O) groups excluding carboxylic acids is 1. The third-order valence-electron chi connectivity index (χ3n) is 3.86. The van der Waals surface area contributed by atoms with Crippen molar-refractivity contribution in [3.05, 3.63) is 18.2 Å². The summed E-state index contributed by atoms with van der Waals surface area (Å²) in [4.78, 5) is 21.0. The van der Waals surface area contributed by atoms with Crippen molar-refractivity contribution in [3.63, 3.8) is 0 Å². The molecule has 0 radical (unpaired) electrons. The Labute approximate surface area is 120 Å². The first-order valence-electron chi connectivity index (χ1n) is 6.97. The van der Waals surface area contributed by atoms with Gasteiger partial charge in [0.1, 0.15) is 5.82 Å². The van der Waals surface area contributed by atoms with Gasteiger partial charge in [0.2, 0.25) is 5.91 Å². The topological polar surface area (TPSA) is 64.1 Å². The van der Waals surface area contributed by atoms with Gasteiger partial charge >= 0.3 is 0 Å². The SMILES string of the molecule is CC(C)C1(C(=O)Nc2cnc(C(C)(C)C)nc2)COC1. The van der Waals surface area contributed by atoms with Gasteiger partial charge in [0.05, 0.1) is 36.7 Å². The monoisotopic (exact) mass is 277 g/mol. The van der Waals surface area contributed by atoms with Crippen LogP contribution in [0.4, 0.5) is 5.69 Å². The summed E-state index contributed by atoms with van der Waals surface area (Å²) in [6.07, 6.45) is 3.33. The number of carbonyl (C=O) groups is 1. The van der Waals surface area contributed by atoms with Crippen LogP contribution in [-0.4, -0.2) is 29.1 Å². The van der Waals surface area contributed by atoms with Gasteiger partial charge in [-0.05, 0) is 5.92 Å². The van der Waals surface area contributed by atoms with Crippen molar-refractivity contribution in [2.45, 2.75) is 40.0 Å². The van der Waals surface area contributed by atoms with Crippen LogP contribution < -0.4 is 5.32 Å². The van der Waals surface area contributed by atoms with E-state index in [0.717, 1.165) is 5.82 Å². The maximum Gasteiger partial charge on any atom is 0.235 e. The number of amides is 1. The summed E-state index contributed by atoms with van der Waals surface area (Å²) in [5, 5.41) is 2.90. The van der Waals surface area contributed by atoms with Gasteiger partial charge in [-0.15, -0.1) is 0 Å². The zero-order chi connectivity index (χ0) is 15.0. The van der Waals surface area contributed by atoms with E-state index in [9.17, 15) is 4.79 Å². The van der Waals surface area contributed by atoms with Crippen LogP contribution in [0.15, 0.2) is 12.4 Å². The van der Waals surface area contributed by atoms with Gasteiger partial charge in [0.25, 0.3) is 0 Å². The molecule has 110 valence electrons. The van der Waals surface area contributed by atoms with Gasteiger partial charge in [-0.2, -0.15) is 0 Å². The van der Waals surface area contributed by atoms with E-state index in [4.69, 9.17) is 4.74 Å². The van der Waals surface area contributed by atoms with Crippen molar-refractivity contribution in [1.29, 1.82) is 0 Å². The van der Waals surface area contributed by atoms with Gasteiger partial charge in [0, 0.05) is 5.41 Å². The van der Waals surface area contributed by atoms with E-state index in [1.54, 1.807) is 12.4 Å². The molecule has 0 atom stereocenters. The first kappa shape index (κ1) is 14.9. The Hall–Kier alpha value is -1.49. The molecule has 0 saturated carbocycles. The highest BCUT2D eigenvalue weighted by Crippen LogP contribution is 2.36. The van der Waals surface area contributed by atoms with E-state index in [2.05, 4.69) is 36.1 Å². The molecule has 20 heavy (non-hydrogen) atoms. The van der Waals surface area contributed by atoms with Crippen LogP contribution in [0.25, 0.3) is 0 Å². The normalized spacial score (nSPS) is 17.7. The molecule has 0 spiro atoms. The predicted octanol–water partition coefficient (Wildman–Crippen LogP) is 2.39. The highest BCUT2D eigenvalue weighted by molar-refractivity contribution is 5.96. The van der Waals surface area contributed by atoms with Crippen LogP contribution in [0, 0.1) is 11.3 Å². The number of rotatable bonds is 3. The number of nitrogens with one attached hydrogen (secondary N) is 1. The molecule has 0 unspecified atom stereocenters. The third-order valence-corrected chi connectivity index (χ3v) is 3.86. The summed E-state index contributed by atoms with van der Waals surface area (Å²) in [6.45, 7) is 11.2. The molecule has 0 aliphatic carbocycles. The number of hydrogen-bond donors (Lipinski definition) is 1. The molecule has 0 aromatic carbocycles. The molecule has 1 amide bonds. The second kappa shape index (κ2) is 5.13. The standard InChI is InChI=1S/C15H23N3O2/c1-10(2)15(8-20-9-15)13(19)18-11-6-16-12(17-7-11)14(3,4)5/h6-7,10H,8-9H2,1-5H3,(H,18,19). The predicted molar refractivity (Wildman–Crippen MR) is 77.5 cm³/mol. The van der Waals surface area contributed by atoms with Gasteiger partial charge in [0.15, 0.2) is 0 Å². The van der Waals surface area contributed by atoms with E-state index >= 15 is 0 Å². The van der Waals surface area contributed by atoms with E-state index in [0.29, 0.717) is 18.9 Å². The third kappa shape index (κ3) is 2.68. The first-order chi connectivity index (χ1) is 9.25. The van der Waals surface area contributed by atoms with Crippen LogP contribution in [-0.2, 0) is 14.9 Å². The van der Waals surface area contributed by atoms with Crippen LogP contribution in [0.1, 0.15) is 40.4 Å². The Morgan fingerprint density at radius 2 is 1.85 bits per heavy atom. The summed E-state index contributed by atoms with van der Waals surface area (Å²) < 4.78 is 5.23. The molecule has 0 bridgehead atoms. The summed E-state index contributed by atoms with van der Waals surface area (Å²) in [7, 11) is 0. The zero-order valence-corrected chi connectivity index (χ0v) is 12.9. The molecule has 1 N–H and O–H groups in total. The number of hydrogen-bond acceptors (Lipinski definition) is 4. The fourth-order valence-corrected chi connectivity index (χ4v) is 2.08. The minimum atomic E-state index is -0.414. The lowest BCUT2D eigenvalue weighted by Crippen LogP contribution is -2.55. The highest BCUT2D eigenvalue weighted by Gasteiger charge is 2.48. The lowest BCUT2D eigenvalue weighted by Gasteiger charge is -2.43. The minimum absolute atomic E-state index is 0.00846. The van der Waals surface area contributed by atoms with Crippen LogP contribution in [0.2, 0.25) is 0 Å². The summed E-state index contributed by atoms with van der Waals surface area (Å²) in [5.74, 6) is 0.998. The van der Waals surface area contributed by atoms with Crippen molar-refractivity contribution in [2.24, 2.45) is 11.3 Å². The Balaban J connectivity index is 2.09. The van der Waals surface area contributed by atoms with Crippen LogP contribution in [0.5, 0.6) is 0 Å². The Morgan fingerprint density at radius 1 is 1.30 bits per heavy atom. The average Bonchev–Trinajstić information content (AvgIpc) is 2.26. The summed E-state index contributed by atoms with van der Waals surface area (Å²) in [6, 6.07) is 0. The molecule has 1 aliphatic heterocycles. The van der Waals surface area contributed by atoms with Gasteiger partial charge < -0.3 is 10.1 Å². The van der Waals surface area contributed by atoms with E-state index in [1.165, 1.54) is 0 Å². The lowest BCUT2D eigenvalue weighted by molar-refractivity contribution is -0.166. The zero-order valence-electron chi connectivity index (χ0n) is 12.9. The number of aromatic nitrogens is 2. The first-order valence-corrected chi connectivity index (χ1v) is 6.97. The van der Waals surface area contributed by atoms with Crippen molar-refractivity contribution < 1.29 is 9.53 Å². The number of anilines is 1. The molecule has 1 aromatic heterocycles. The van der Waals surface area contributed by atoms with Crippen molar-refractivity contribution in [2.75, 3.05) is 18.5 Å². The minimum Gasteiger partial charge on any atom is -0.379 e. The Bertz CT molecular complexity index is 485. The molecule has 1 saturated heterocycles. The van der Waals surface area contributed by atoms with Gasteiger partial charge in [-0.25, -0.2) is 9.97 Å². The van der Waals surface area contributed by atoms with E-state index in [-0.39, 0.29) is 17.2 Å². The summed E-state index contributed by atoms with van der Waals surface area (Å²) >= 11 is 0. The van der Waals surface area contributed by atoms with E-state index in [1.807, 2.05) is 13.8 Å². The van der Waals surface area contributed by atoms with Gasteiger partial charge in [-0.1, -0.05) is 34.6 Å². The molecule has 5 heteroatoms. The Kier molecular flexibility index (Phi) is 3.82. The molecule has 2 rings (SSSR count). The quantitative estimate of drug-likeness (QED) is 0.921. The van der Waals surface area contributed by atoms with Crippen LogP contribution in [0.3, 0.4) is 0 Å². The Morgan fingerprint density at radius 3 is 2.20 bits per heavy atom. The largest absolute Gasteiger partial charge is 0.379 e. The second-order valence-corrected chi connectivity index (χ2v) is 6.80. The van der Waals surface area contributed by atoms with E-state index < -0.39 is 5.41 Å². The maximum absolute atomic E-state index is 12.4.